The van der Waals surface area contributed by atoms with Gasteiger partial charge in [0.25, 0.3) is 0 Å². The molecule has 3 nitrogen and oxygen atoms in total. The van der Waals surface area contributed by atoms with E-state index in [0.717, 1.165) is 26.4 Å². The molecule has 0 atom stereocenters. The van der Waals surface area contributed by atoms with E-state index in [4.69, 9.17) is 0 Å². The molecular formula is C13H10N2OS. The van der Waals surface area contributed by atoms with E-state index in [9.17, 15) is 5.11 Å². The van der Waals surface area contributed by atoms with Gasteiger partial charge >= 0.3 is 0 Å². The Morgan fingerprint density at radius 2 is 2.12 bits per heavy atom. The van der Waals surface area contributed by atoms with Gasteiger partial charge in [-0.1, -0.05) is 0 Å². The maximum atomic E-state index is 9.50. The fourth-order valence-corrected chi connectivity index (χ4v) is 2.62. The minimum atomic E-state index is 0.316. The molecule has 1 aromatic carbocycles. The lowest BCUT2D eigenvalue weighted by Gasteiger charge is -2.00. The van der Waals surface area contributed by atoms with Gasteiger partial charge in [-0.05, 0) is 36.8 Å². The van der Waals surface area contributed by atoms with Crippen molar-refractivity contribution < 1.29 is 5.11 Å². The number of phenolic OH excluding ortho intramolecular Hbond substituents is 1. The number of hydrogen-bond donors (Lipinski definition) is 1. The monoisotopic (exact) mass is 242 g/mol. The predicted molar refractivity (Wildman–Crippen MR) is 69.3 cm³/mol. The molecule has 0 aliphatic rings. The molecule has 0 amide bonds. The van der Waals surface area contributed by atoms with Crippen LogP contribution in [-0.2, 0) is 0 Å². The van der Waals surface area contributed by atoms with Gasteiger partial charge in [-0.25, -0.2) is 4.98 Å². The number of fused-ring (bicyclic) bond motifs is 1. The Hall–Kier alpha value is -1.94. The van der Waals surface area contributed by atoms with Crippen LogP contribution >= 0.6 is 11.3 Å². The van der Waals surface area contributed by atoms with E-state index < -0.39 is 0 Å². The summed E-state index contributed by atoms with van der Waals surface area (Å²) in [7, 11) is 0. The first kappa shape index (κ1) is 10.2. The third-order valence-electron chi connectivity index (χ3n) is 2.63. The number of pyridine rings is 1. The fraction of sp³-hybridized carbons (Fsp3) is 0.0769. The Kier molecular flexibility index (Phi) is 2.30. The molecule has 2 aromatic heterocycles. The molecule has 3 aromatic rings. The summed E-state index contributed by atoms with van der Waals surface area (Å²) in [4.78, 5) is 8.58. The predicted octanol–water partition coefficient (Wildman–Crippen LogP) is 3.37. The number of phenols is 1. The summed E-state index contributed by atoms with van der Waals surface area (Å²) >= 11 is 1.63. The van der Waals surface area contributed by atoms with Gasteiger partial charge in [0.2, 0.25) is 0 Å². The van der Waals surface area contributed by atoms with Crippen LogP contribution in [0.4, 0.5) is 0 Å². The molecule has 0 saturated heterocycles. The van der Waals surface area contributed by atoms with Crippen LogP contribution in [0.2, 0.25) is 0 Å². The van der Waals surface area contributed by atoms with Crippen molar-refractivity contribution >= 4 is 21.6 Å². The molecule has 0 spiro atoms. The molecule has 17 heavy (non-hydrogen) atoms. The molecule has 0 aliphatic carbocycles. The largest absolute Gasteiger partial charge is 0.508 e. The van der Waals surface area contributed by atoms with Gasteiger partial charge in [0.15, 0.2) is 0 Å². The first-order chi connectivity index (χ1) is 8.24. The average Bonchev–Trinajstić information content (AvgIpc) is 2.76. The van der Waals surface area contributed by atoms with Crippen LogP contribution in [0, 0.1) is 6.92 Å². The molecule has 0 aliphatic heterocycles. The number of aromatic hydroxyl groups is 1. The van der Waals surface area contributed by atoms with Crippen LogP contribution in [0.5, 0.6) is 5.75 Å². The first-order valence-corrected chi connectivity index (χ1v) is 6.06. The minimum Gasteiger partial charge on any atom is -0.508 e. The van der Waals surface area contributed by atoms with Crippen LogP contribution in [0.25, 0.3) is 20.8 Å². The molecule has 0 radical (unpaired) electrons. The fourth-order valence-electron chi connectivity index (χ4n) is 1.69. The van der Waals surface area contributed by atoms with E-state index in [-0.39, 0.29) is 0 Å². The lowest BCUT2D eigenvalue weighted by atomic mass is 10.1. The summed E-state index contributed by atoms with van der Waals surface area (Å²) in [6, 6.07) is 7.49. The van der Waals surface area contributed by atoms with Gasteiger partial charge < -0.3 is 5.11 Å². The van der Waals surface area contributed by atoms with Gasteiger partial charge in [0.1, 0.15) is 16.3 Å². The highest BCUT2D eigenvalue weighted by molar-refractivity contribution is 7.21. The van der Waals surface area contributed by atoms with Crippen molar-refractivity contribution in [3.8, 4) is 16.3 Å². The van der Waals surface area contributed by atoms with Gasteiger partial charge in [-0.3, -0.25) is 4.98 Å². The molecular weight excluding hydrogens is 232 g/mol. The minimum absolute atomic E-state index is 0.316. The van der Waals surface area contributed by atoms with Crippen LogP contribution in [0.1, 0.15) is 5.56 Å². The molecule has 0 saturated carbocycles. The highest BCUT2D eigenvalue weighted by Crippen LogP contribution is 2.31. The van der Waals surface area contributed by atoms with Crippen molar-refractivity contribution in [2.24, 2.45) is 0 Å². The Labute approximate surface area is 102 Å². The standard InChI is InChI=1S/C13H10N2OS/c1-8-6-9(2-3-11(8)16)13-15-10-7-14-5-4-12(10)17-13/h2-7,16H,1H3. The number of aromatic nitrogens is 2. The van der Waals surface area contributed by atoms with E-state index in [1.165, 1.54) is 0 Å². The summed E-state index contributed by atoms with van der Waals surface area (Å²) in [5.41, 5.74) is 2.81. The summed E-state index contributed by atoms with van der Waals surface area (Å²) in [5, 5.41) is 10.5. The van der Waals surface area contributed by atoms with Crippen molar-refractivity contribution in [1.82, 2.24) is 9.97 Å². The van der Waals surface area contributed by atoms with Crippen LogP contribution in [-0.4, -0.2) is 15.1 Å². The van der Waals surface area contributed by atoms with E-state index in [1.807, 2.05) is 25.1 Å². The molecule has 84 valence electrons. The van der Waals surface area contributed by atoms with Crippen molar-refractivity contribution in [3.63, 3.8) is 0 Å². The Balaban J connectivity index is 2.17. The molecule has 0 unspecified atom stereocenters. The number of nitrogens with zero attached hydrogens (tertiary/aromatic N) is 2. The highest BCUT2D eigenvalue weighted by Gasteiger charge is 2.07. The van der Waals surface area contributed by atoms with Crippen LogP contribution < -0.4 is 0 Å². The molecule has 3 rings (SSSR count). The van der Waals surface area contributed by atoms with Crippen molar-refractivity contribution in [3.05, 3.63) is 42.2 Å². The summed E-state index contributed by atoms with van der Waals surface area (Å²) in [5.74, 6) is 0.316. The first-order valence-electron chi connectivity index (χ1n) is 5.24. The maximum absolute atomic E-state index is 9.50. The van der Waals surface area contributed by atoms with Crippen LogP contribution in [0.15, 0.2) is 36.7 Å². The zero-order valence-electron chi connectivity index (χ0n) is 9.21. The lowest BCUT2D eigenvalue weighted by molar-refractivity contribution is 0.471. The molecule has 2 heterocycles. The second-order valence-corrected chi connectivity index (χ2v) is 4.89. The Morgan fingerprint density at radius 3 is 2.88 bits per heavy atom. The van der Waals surface area contributed by atoms with Gasteiger partial charge in [0.05, 0.1) is 10.9 Å². The second-order valence-electron chi connectivity index (χ2n) is 3.86. The third-order valence-corrected chi connectivity index (χ3v) is 3.72. The number of hydrogen-bond acceptors (Lipinski definition) is 4. The average molecular weight is 242 g/mol. The van der Waals surface area contributed by atoms with Crippen LogP contribution in [0.3, 0.4) is 0 Å². The number of aryl methyl sites for hydroxylation is 1. The topological polar surface area (TPSA) is 46.0 Å². The zero-order chi connectivity index (χ0) is 11.8. The zero-order valence-corrected chi connectivity index (χ0v) is 10.0. The third kappa shape index (κ3) is 1.76. The van der Waals surface area contributed by atoms with E-state index >= 15 is 0 Å². The maximum Gasteiger partial charge on any atom is 0.124 e. The summed E-state index contributed by atoms with van der Waals surface area (Å²) < 4.78 is 1.13. The normalized spacial score (nSPS) is 10.9. The molecule has 4 heteroatoms. The van der Waals surface area contributed by atoms with Crippen molar-refractivity contribution in [2.45, 2.75) is 6.92 Å². The lowest BCUT2D eigenvalue weighted by Crippen LogP contribution is -1.79. The Bertz CT molecular complexity index is 658. The van der Waals surface area contributed by atoms with Gasteiger partial charge in [0, 0.05) is 11.8 Å². The van der Waals surface area contributed by atoms with Crippen molar-refractivity contribution in [2.75, 3.05) is 0 Å². The van der Waals surface area contributed by atoms with Gasteiger partial charge in [-0.2, -0.15) is 0 Å². The molecule has 0 bridgehead atoms. The van der Waals surface area contributed by atoms with Gasteiger partial charge in [-0.15, -0.1) is 11.3 Å². The SMILES string of the molecule is Cc1cc(-c2nc3cnccc3s2)ccc1O. The number of benzene rings is 1. The summed E-state index contributed by atoms with van der Waals surface area (Å²) in [6.45, 7) is 1.88. The summed E-state index contributed by atoms with van der Waals surface area (Å²) in [6.07, 6.45) is 3.54. The number of rotatable bonds is 1. The van der Waals surface area contributed by atoms with Crippen molar-refractivity contribution in [1.29, 1.82) is 0 Å². The molecule has 0 fully saturated rings. The molecule has 1 N–H and O–H groups in total. The van der Waals surface area contributed by atoms with E-state index in [0.29, 0.717) is 5.75 Å². The number of thiazole rings is 1. The smallest absolute Gasteiger partial charge is 0.124 e. The van der Waals surface area contributed by atoms with E-state index in [2.05, 4.69) is 9.97 Å². The highest BCUT2D eigenvalue weighted by atomic mass is 32.1. The quantitative estimate of drug-likeness (QED) is 0.711. The van der Waals surface area contributed by atoms with E-state index in [1.54, 1.807) is 29.8 Å². The Morgan fingerprint density at radius 1 is 1.24 bits per heavy atom. The second kappa shape index (κ2) is 3.82.